The minimum absolute atomic E-state index is 0. The monoisotopic (exact) mass is 231 g/mol. The van der Waals surface area contributed by atoms with Crippen molar-refractivity contribution in [3.63, 3.8) is 0 Å². The Morgan fingerprint density at radius 1 is 1.53 bits per heavy atom. The molecule has 2 aliphatic heterocycles. The molecule has 2 aliphatic rings. The van der Waals surface area contributed by atoms with E-state index in [0.29, 0.717) is 6.04 Å². The first-order chi connectivity index (χ1) is 6.86. The van der Waals surface area contributed by atoms with Gasteiger partial charge in [0.1, 0.15) is 6.61 Å². The molecule has 1 fully saturated rings. The average molecular weight is 231 g/mol. The van der Waals surface area contributed by atoms with Crippen molar-refractivity contribution in [3.8, 4) is 5.75 Å². The Balaban J connectivity index is 0.000000853. The van der Waals surface area contributed by atoms with E-state index >= 15 is 0 Å². The van der Waals surface area contributed by atoms with Gasteiger partial charge in [0.25, 0.3) is 0 Å². The summed E-state index contributed by atoms with van der Waals surface area (Å²) in [5.74, 6) is 1.94. The van der Waals surface area contributed by atoms with Crippen LogP contribution in [0.3, 0.4) is 0 Å². The van der Waals surface area contributed by atoms with Crippen molar-refractivity contribution in [1.82, 2.24) is 4.98 Å². The van der Waals surface area contributed by atoms with Gasteiger partial charge in [0.2, 0.25) is 0 Å². The van der Waals surface area contributed by atoms with E-state index in [1.807, 2.05) is 12.3 Å². The van der Waals surface area contributed by atoms with Crippen molar-refractivity contribution < 1.29 is 4.74 Å². The van der Waals surface area contributed by atoms with Crippen LogP contribution in [0.4, 0.5) is 5.82 Å². The van der Waals surface area contributed by atoms with Crippen molar-refractivity contribution in [2.45, 2.75) is 18.9 Å². The van der Waals surface area contributed by atoms with Crippen LogP contribution in [0, 0.1) is 4.51 Å². The largest absolute Gasteiger partial charge is 0.486 e. The summed E-state index contributed by atoms with van der Waals surface area (Å²) >= 11 is 5.23. The third-order valence-corrected chi connectivity index (χ3v) is 3.30. The van der Waals surface area contributed by atoms with Crippen LogP contribution in [0.1, 0.15) is 12.8 Å². The van der Waals surface area contributed by atoms with Crippen molar-refractivity contribution in [2.75, 3.05) is 18.1 Å². The molecule has 0 bridgehead atoms. The van der Waals surface area contributed by atoms with Crippen LogP contribution < -0.4 is 9.64 Å². The summed E-state index contributed by atoms with van der Waals surface area (Å²) < 4.78 is 6.50. The fourth-order valence-electron chi connectivity index (χ4n) is 2.29. The molecule has 0 aromatic carbocycles. The zero-order chi connectivity index (χ0) is 9.54. The molecule has 0 aliphatic carbocycles. The van der Waals surface area contributed by atoms with Crippen LogP contribution >= 0.6 is 12.2 Å². The topological polar surface area (TPSA) is 28.3 Å². The Hall–Kier alpha value is -0.0300. The van der Waals surface area contributed by atoms with Crippen LogP contribution in [0.5, 0.6) is 5.75 Å². The molecule has 3 nitrogen and oxygen atoms in total. The molecule has 0 saturated carbocycles. The van der Waals surface area contributed by atoms with Crippen LogP contribution in [0.25, 0.3) is 0 Å². The van der Waals surface area contributed by atoms with Gasteiger partial charge < -0.3 is 14.6 Å². The van der Waals surface area contributed by atoms with E-state index in [0.717, 1.165) is 29.2 Å². The summed E-state index contributed by atoms with van der Waals surface area (Å²) in [6.45, 7) is 1.91. The zero-order valence-electron chi connectivity index (χ0n) is 8.82. The number of hydrogen-bond acceptors (Lipinski definition) is 3. The fraction of sp³-hybridized carbons (Fsp3) is 0.500. The van der Waals surface area contributed by atoms with E-state index in [1.165, 1.54) is 12.8 Å². The van der Waals surface area contributed by atoms with Gasteiger partial charge in [0, 0.05) is 42.3 Å². The number of rotatable bonds is 0. The molecular weight excluding hydrogens is 219 g/mol. The van der Waals surface area contributed by atoms with Gasteiger partial charge in [0.15, 0.2) is 11.6 Å². The van der Waals surface area contributed by atoms with E-state index < -0.39 is 0 Å². The number of fused-ring (bicyclic) bond motifs is 3. The van der Waals surface area contributed by atoms with E-state index in [4.69, 9.17) is 17.0 Å². The normalized spacial score (nSPS) is 22.4. The molecule has 3 heterocycles. The summed E-state index contributed by atoms with van der Waals surface area (Å²) in [4.78, 5) is 5.62. The molecule has 1 aromatic heterocycles. The molecule has 3 rings (SSSR count). The summed E-state index contributed by atoms with van der Waals surface area (Å²) in [6, 6.07) is 2.43. The number of aromatic nitrogens is 1. The average Bonchev–Trinajstić information content (AvgIpc) is 2.66. The van der Waals surface area contributed by atoms with E-state index in [9.17, 15) is 0 Å². The molecule has 0 spiro atoms. The maximum absolute atomic E-state index is 5.69. The number of aromatic amines is 1. The molecule has 1 saturated heterocycles. The van der Waals surface area contributed by atoms with Gasteiger partial charge in [0.05, 0.1) is 10.6 Å². The molecule has 0 amide bonds. The maximum atomic E-state index is 5.69. The zero-order valence-corrected chi connectivity index (χ0v) is 11.6. The molecule has 1 N–H and O–H groups in total. The first kappa shape index (κ1) is 11.5. The van der Waals surface area contributed by atoms with Gasteiger partial charge in [-0.05, 0) is 18.9 Å². The molecule has 0 unspecified atom stereocenters. The van der Waals surface area contributed by atoms with Gasteiger partial charge in [-0.25, -0.2) is 0 Å². The number of nitrogens with one attached hydrogen (secondary N) is 1. The van der Waals surface area contributed by atoms with E-state index in [2.05, 4.69) is 9.88 Å². The van der Waals surface area contributed by atoms with Crippen LogP contribution in [-0.2, 0) is 0 Å². The molecule has 1 radical (unpaired) electrons. The molecule has 1 aromatic rings. The third kappa shape index (κ3) is 1.84. The summed E-state index contributed by atoms with van der Waals surface area (Å²) in [6.07, 6.45) is 4.38. The number of pyridine rings is 1. The van der Waals surface area contributed by atoms with Gasteiger partial charge in [-0.2, -0.15) is 0 Å². The fourth-order valence-corrected chi connectivity index (χ4v) is 2.51. The first-order valence-electron chi connectivity index (χ1n) is 4.97. The quantitative estimate of drug-likeness (QED) is 0.544. The second-order valence-electron chi connectivity index (χ2n) is 3.82. The number of H-pyrrole nitrogens is 1. The Bertz CT molecular complexity index is 420. The smallest absolute Gasteiger partial charge is 0.177 e. The van der Waals surface area contributed by atoms with Gasteiger partial charge in [-0.1, -0.05) is 12.2 Å². The SMILES string of the molecule is S=c1cc[nH]c2c1OC[C@@H]1CCCN21.[Na]. The molecule has 15 heavy (non-hydrogen) atoms. The van der Waals surface area contributed by atoms with Gasteiger partial charge >= 0.3 is 0 Å². The van der Waals surface area contributed by atoms with Crippen molar-refractivity contribution in [1.29, 1.82) is 0 Å². The Morgan fingerprint density at radius 3 is 3.27 bits per heavy atom. The van der Waals surface area contributed by atoms with Crippen molar-refractivity contribution >= 4 is 47.6 Å². The number of ether oxygens (including phenoxy) is 1. The summed E-state index contributed by atoms with van der Waals surface area (Å²) in [5, 5.41) is 0. The Kier molecular flexibility index (Phi) is 3.40. The van der Waals surface area contributed by atoms with Gasteiger partial charge in [-0.15, -0.1) is 0 Å². The van der Waals surface area contributed by atoms with E-state index in [1.54, 1.807) is 0 Å². The molecular formula is C10H12N2NaOS. The number of anilines is 1. The van der Waals surface area contributed by atoms with Crippen LogP contribution in [0.2, 0.25) is 0 Å². The summed E-state index contributed by atoms with van der Waals surface area (Å²) in [5.41, 5.74) is 0. The standard InChI is InChI=1S/C10H12N2OS.Na/c14-8-3-4-11-10-9(8)13-6-7-2-1-5-12(7)10;/h3-4,7H,1-2,5-6H2,(H,11,14);/t7-;/m0./s1. The number of hydrogen-bond donors (Lipinski definition) is 1. The minimum atomic E-state index is 0. The maximum Gasteiger partial charge on any atom is 0.177 e. The predicted octanol–water partition coefficient (Wildman–Crippen LogP) is 1.72. The molecule has 5 heteroatoms. The molecule has 1 atom stereocenters. The van der Waals surface area contributed by atoms with Crippen LogP contribution in [-0.4, -0.2) is 53.7 Å². The Morgan fingerprint density at radius 2 is 2.40 bits per heavy atom. The number of nitrogens with zero attached hydrogens (tertiary/aromatic N) is 1. The van der Waals surface area contributed by atoms with Crippen molar-refractivity contribution in [2.24, 2.45) is 0 Å². The van der Waals surface area contributed by atoms with Crippen LogP contribution in [0.15, 0.2) is 12.3 Å². The van der Waals surface area contributed by atoms with E-state index in [-0.39, 0.29) is 29.6 Å². The van der Waals surface area contributed by atoms with Crippen molar-refractivity contribution in [3.05, 3.63) is 16.8 Å². The van der Waals surface area contributed by atoms with Gasteiger partial charge in [-0.3, -0.25) is 0 Å². The second kappa shape index (κ2) is 4.45. The first-order valence-corrected chi connectivity index (χ1v) is 5.38. The Labute approximate surface area is 116 Å². The second-order valence-corrected chi connectivity index (χ2v) is 4.26. The third-order valence-electron chi connectivity index (χ3n) is 2.98. The molecule has 75 valence electrons. The minimum Gasteiger partial charge on any atom is -0.486 e. The predicted molar refractivity (Wildman–Crippen MR) is 63.2 cm³/mol. The summed E-state index contributed by atoms with van der Waals surface area (Å²) in [7, 11) is 0.